The Labute approximate surface area is 76.0 Å². The van der Waals surface area contributed by atoms with E-state index in [9.17, 15) is 5.11 Å². The molecule has 1 unspecified atom stereocenters. The van der Waals surface area contributed by atoms with Crippen LogP contribution in [0.4, 0.5) is 0 Å². The van der Waals surface area contributed by atoms with E-state index >= 15 is 0 Å². The number of aliphatic hydroxyl groups excluding tert-OH is 5. The lowest BCUT2D eigenvalue weighted by atomic mass is 9.90. The fourth-order valence-electron chi connectivity index (χ4n) is 0.725. The molecule has 0 saturated heterocycles. The Morgan fingerprint density at radius 1 is 1.00 bits per heavy atom. The minimum atomic E-state index is -1.50. The second kappa shape index (κ2) is 6.25. The normalized spacial score (nSPS) is 14.5. The highest BCUT2D eigenvalue weighted by atomic mass is 16.6. The molecule has 0 amide bonds. The molecule has 13 heavy (non-hydrogen) atoms. The van der Waals surface area contributed by atoms with Gasteiger partial charge >= 0.3 is 0 Å². The van der Waals surface area contributed by atoms with Crippen molar-refractivity contribution < 1.29 is 30.3 Å². The van der Waals surface area contributed by atoms with Crippen molar-refractivity contribution in [1.82, 2.24) is 0 Å². The van der Waals surface area contributed by atoms with Crippen molar-refractivity contribution in [3.05, 3.63) is 0 Å². The standard InChI is InChI=1S/C7H16O6/c8-1-2-13-6(12)7(3-9,4-10)5-11/h6,8-12H,1-5H2. The van der Waals surface area contributed by atoms with E-state index in [2.05, 4.69) is 4.74 Å². The van der Waals surface area contributed by atoms with Crippen LogP contribution in [0.5, 0.6) is 0 Å². The fourth-order valence-corrected chi connectivity index (χ4v) is 0.725. The van der Waals surface area contributed by atoms with E-state index in [0.717, 1.165) is 0 Å². The van der Waals surface area contributed by atoms with Crippen molar-refractivity contribution in [3.8, 4) is 0 Å². The molecule has 0 bridgehead atoms. The maximum absolute atomic E-state index is 9.28. The van der Waals surface area contributed by atoms with Crippen LogP contribution in [0.15, 0.2) is 0 Å². The Bertz CT molecular complexity index is 116. The molecule has 6 nitrogen and oxygen atoms in total. The van der Waals surface area contributed by atoms with E-state index in [4.69, 9.17) is 20.4 Å². The van der Waals surface area contributed by atoms with Crippen LogP contribution in [0.1, 0.15) is 0 Å². The van der Waals surface area contributed by atoms with E-state index < -0.39 is 31.5 Å². The minimum absolute atomic E-state index is 0.122. The largest absolute Gasteiger partial charge is 0.395 e. The second-order valence-corrected chi connectivity index (χ2v) is 2.78. The van der Waals surface area contributed by atoms with E-state index in [0.29, 0.717) is 0 Å². The van der Waals surface area contributed by atoms with Gasteiger partial charge in [-0.3, -0.25) is 0 Å². The van der Waals surface area contributed by atoms with Gasteiger partial charge in [0.25, 0.3) is 0 Å². The van der Waals surface area contributed by atoms with Gasteiger partial charge in [0.05, 0.1) is 38.4 Å². The van der Waals surface area contributed by atoms with Gasteiger partial charge in [-0.05, 0) is 0 Å². The molecule has 0 heterocycles. The molecule has 0 saturated carbocycles. The molecule has 5 N–H and O–H groups in total. The van der Waals surface area contributed by atoms with E-state index in [-0.39, 0.29) is 13.2 Å². The highest BCUT2D eigenvalue weighted by molar-refractivity contribution is 4.79. The number of aliphatic hydroxyl groups is 5. The summed E-state index contributed by atoms with van der Waals surface area (Å²) in [5, 5.41) is 44.1. The summed E-state index contributed by atoms with van der Waals surface area (Å²) in [7, 11) is 0. The van der Waals surface area contributed by atoms with Crippen LogP contribution in [-0.2, 0) is 4.74 Å². The van der Waals surface area contributed by atoms with Crippen LogP contribution in [0.3, 0.4) is 0 Å². The van der Waals surface area contributed by atoms with Gasteiger partial charge in [-0.1, -0.05) is 0 Å². The summed E-state index contributed by atoms with van der Waals surface area (Å²) in [5.41, 5.74) is -1.48. The molecular weight excluding hydrogens is 180 g/mol. The predicted octanol–water partition coefficient (Wildman–Crippen LogP) is -2.72. The summed E-state index contributed by atoms with van der Waals surface area (Å²) in [5.74, 6) is 0. The van der Waals surface area contributed by atoms with Crippen LogP contribution in [0.2, 0.25) is 0 Å². The summed E-state index contributed by atoms with van der Waals surface area (Å²) < 4.78 is 4.65. The molecule has 0 aromatic rings. The minimum Gasteiger partial charge on any atom is -0.395 e. The zero-order valence-electron chi connectivity index (χ0n) is 7.26. The highest BCUT2D eigenvalue weighted by Gasteiger charge is 2.37. The van der Waals surface area contributed by atoms with E-state index in [1.165, 1.54) is 0 Å². The Morgan fingerprint density at radius 3 is 1.77 bits per heavy atom. The van der Waals surface area contributed by atoms with Gasteiger partial charge in [0, 0.05) is 0 Å². The number of hydrogen-bond acceptors (Lipinski definition) is 6. The molecule has 0 aromatic carbocycles. The Kier molecular flexibility index (Phi) is 6.13. The first kappa shape index (κ1) is 12.8. The van der Waals surface area contributed by atoms with Gasteiger partial charge < -0.3 is 30.3 Å². The number of hydrogen-bond donors (Lipinski definition) is 5. The van der Waals surface area contributed by atoms with Crippen molar-refractivity contribution in [2.45, 2.75) is 6.29 Å². The van der Waals surface area contributed by atoms with Crippen molar-refractivity contribution >= 4 is 0 Å². The Hall–Kier alpha value is -0.240. The molecule has 0 aliphatic carbocycles. The Morgan fingerprint density at radius 2 is 1.46 bits per heavy atom. The lowest BCUT2D eigenvalue weighted by Gasteiger charge is -2.31. The third-order valence-corrected chi connectivity index (χ3v) is 1.84. The number of rotatable bonds is 7. The first-order valence-corrected chi connectivity index (χ1v) is 3.90. The lowest BCUT2D eigenvalue weighted by molar-refractivity contribution is -0.214. The van der Waals surface area contributed by atoms with Gasteiger partial charge in [-0.2, -0.15) is 0 Å². The third-order valence-electron chi connectivity index (χ3n) is 1.84. The lowest BCUT2D eigenvalue weighted by Crippen LogP contribution is -2.46. The zero-order chi connectivity index (χ0) is 10.3. The third kappa shape index (κ3) is 3.18. The molecule has 6 heteroatoms. The molecule has 0 aromatic heterocycles. The zero-order valence-corrected chi connectivity index (χ0v) is 7.26. The van der Waals surface area contributed by atoms with Crippen molar-refractivity contribution in [3.63, 3.8) is 0 Å². The molecule has 0 aliphatic rings. The highest BCUT2D eigenvalue weighted by Crippen LogP contribution is 2.20. The van der Waals surface area contributed by atoms with E-state index in [1.54, 1.807) is 0 Å². The average molecular weight is 196 g/mol. The SMILES string of the molecule is OCCOC(O)C(CO)(CO)CO. The molecular formula is C7H16O6. The molecule has 0 spiro atoms. The molecule has 80 valence electrons. The van der Waals surface area contributed by atoms with Crippen LogP contribution in [0.25, 0.3) is 0 Å². The van der Waals surface area contributed by atoms with Crippen molar-refractivity contribution in [1.29, 1.82) is 0 Å². The van der Waals surface area contributed by atoms with Crippen LogP contribution < -0.4 is 0 Å². The van der Waals surface area contributed by atoms with Crippen LogP contribution in [0, 0.1) is 5.41 Å². The predicted molar refractivity (Wildman–Crippen MR) is 42.7 cm³/mol. The first-order valence-electron chi connectivity index (χ1n) is 3.90. The fraction of sp³-hybridized carbons (Fsp3) is 1.00. The van der Waals surface area contributed by atoms with Gasteiger partial charge in [0.2, 0.25) is 0 Å². The second-order valence-electron chi connectivity index (χ2n) is 2.78. The molecule has 1 atom stereocenters. The first-order chi connectivity index (χ1) is 6.16. The number of ether oxygens (including phenoxy) is 1. The maximum Gasteiger partial charge on any atom is 0.166 e. The van der Waals surface area contributed by atoms with E-state index in [1.807, 2.05) is 0 Å². The monoisotopic (exact) mass is 196 g/mol. The molecule has 0 aliphatic heterocycles. The Balaban J connectivity index is 4.17. The van der Waals surface area contributed by atoms with Crippen molar-refractivity contribution in [2.75, 3.05) is 33.0 Å². The molecule has 0 rings (SSSR count). The summed E-state index contributed by atoms with van der Waals surface area (Å²) in [4.78, 5) is 0. The van der Waals surface area contributed by atoms with Crippen molar-refractivity contribution in [2.24, 2.45) is 5.41 Å². The van der Waals surface area contributed by atoms with Crippen LogP contribution >= 0.6 is 0 Å². The van der Waals surface area contributed by atoms with Gasteiger partial charge in [-0.15, -0.1) is 0 Å². The summed E-state index contributed by atoms with van der Waals surface area (Å²) in [6.45, 7) is -2.22. The quantitative estimate of drug-likeness (QED) is 0.283. The molecule has 0 fully saturated rings. The van der Waals surface area contributed by atoms with Gasteiger partial charge in [-0.25, -0.2) is 0 Å². The maximum atomic E-state index is 9.28. The summed E-state index contributed by atoms with van der Waals surface area (Å²) in [6, 6.07) is 0. The summed E-state index contributed by atoms with van der Waals surface area (Å²) >= 11 is 0. The van der Waals surface area contributed by atoms with Gasteiger partial charge in [0.1, 0.15) is 0 Å². The summed E-state index contributed by atoms with van der Waals surface area (Å²) in [6.07, 6.45) is -1.50. The smallest absolute Gasteiger partial charge is 0.166 e. The van der Waals surface area contributed by atoms with Crippen LogP contribution in [-0.4, -0.2) is 64.9 Å². The molecule has 0 radical (unpaired) electrons. The topological polar surface area (TPSA) is 110 Å². The van der Waals surface area contributed by atoms with Gasteiger partial charge in [0.15, 0.2) is 6.29 Å². The average Bonchev–Trinajstić information content (AvgIpc) is 2.18.